The van der Waals surface area contributed by atoms with E-state index in [4.69, 9.17) is 16.5 Å². The molecule has 2 aromatic rings. The predicted molar refractivity (Wildman–Crippen MR) is 89.2 cm³/mol. The molecule has 1 atom stereocenters. The zero-order valence-corrected chi connectivity index (χ0v) is 13.2. The standard InChI is InChI=1S/C14H16NOPS2/c1-16-13-7-9-14(10-8-13)17(18,19)15-11-12-5-3-2-4-6-12/h2-10H,11H2,1H3,(H2,15,18,19). The van der Waals surface area contributed by atoms with Gasteiger partial charge in [-0.25, -0.2) is 0 Å². The largest absolute Gasteiger partial charge is 0.497 e. The lowest BCUT2D eigenvalue weighted by molar-refractivity contribution is 0.415. The van der Waals surface area contributed by atoms with Crippen LogP contribution in [0.15, 0.2) is 54.6 Å². The average molecular weight is 309 g/mol. The first kappa shape index (κ1) is 14.6. The number of thiol groups is 1. The second-order valence-electron chi connectivity index (χ2n) is 4.09. The molecule has 0 fully saturated rings. The maximum atomic E-state index is 5.61. The van der Waals surface area contributed by atoms with Crippen molar-refractivity contribution in [3.05, 3.63) is 60.2 Å². The van der Waals surface area contributed by atoms with Crippen molar-refractivity contribution in [2.45, 2.75) is 6.54 Å². The van der Waals surface area contributed by atoms with Crippen molar-refractivity contribution in [1.29, 1.82) is 0 Å². The first-order valence-corrected chi connectivity index (χ1v) is 9.84. The van der Waals surface area contributed by atoms with Gasteiger partial charge in [-0.15, -0.1) is 12.2 Å². The summed E-state index contributed by atoms with van der Waals surface area (Å²) in [7, 11) is 1.65. The molecule has 2 aromatic carbocycles. The molecule has 0 aliphatic rings. The molecule has 0 saturated heterocycles. The highest BCUT2D eigenvalue weighted by atomic mass is 32.9. The Balaban J connectivity index is 2.07. The van der Waals surface area contributed by atoms with Crippen molar-refractivity contribution in [3.8, 4) is 5.75 Å². The minimum Gasteiger partial charge on any atom is -0.497 e. The van der Waals surface area contributed by atoms with E-state index in [1.807, 2.05) is 42.5 Å². The Morgan fingerprint density at radius 2 is 1.74 bits per heavy atom. The second kappa shape index (κ2) is 6.58. The molecule has 0 aliphatic heterocycles. The Morgan fingerprint density at radius 3 is 2.32 bits per heavy atom. The molecule has 0 amide bonds. The van der Waals surface area contributed by atoms with Crippen LogP contribution in [0.1, 0.15) is 5.56 Å². The van der Waals surface area contributed by atoms with E-state index in [1.165, 1.54) is 5.56 Å². The molecule has 5 heteroatoms. The molecule has 0 bridgehead atoms. The smallest absolute Gasteiger partial charge is 0.118 e. The Hall–Kier alpha value is -0.800. The van der Waals surface area contributed by atoms with Crippen LogP contribution >= 0.6 is 17.6 Å². The maximum Gasteiger partial charge on any atom is 0.118 e. The quantitative estimate of drug-likeness (QED) is 0.653. The number of hydrogen-bond acceptors (Lipinski definition) is 2. The lowest BCUT2D eigenvalue weighted by Crippen LogP contribution is -2.15. The Labute approximate surface area is 124 Å². The fraction of sp³-hybridized carbons (Fsp3) is 0.143. The van der Waals surface area contributed by atoms with Gasteiger partial charge in [-0.1, -0.05) is 42.1 Å². The zero-order chi connectivity index (χ0) is 13.7. The van der Waals surface area contributed by atoms with E-state index in [1.54, 1.807) is 7.11 Å². The highest BCUT2D eigenvalue weighted by Gasteiger charge is 2.13. The molecule has 0 spiro atoms. The summed E-state index contributed by atoms with van der Waals surface area (Å²) in [5, 5.41) is 2.40. The monoisotopic (exact) mass is 309 g/mol. The van der Waals surface area contributed by atoms with Gasteiger partial charge in [-0.3, -0.25) is 5.09 Å². The number of nitrogens with one attached hydrogen (secondary N) is 1. The Morgan fingerprint density at radius 1 is 1.11 bits per heavy atom. The third-order valence-corrected chi connectivity index (χ3v) is 6.48. The van der Waals surface area contributed by atoms with E-state index in [0.717, 1.165) is 17.6 Å². The molecule has 19 heavy (non-hydrogen) atoms. The topological polar surface area (TPSA) is 21.3 Å². The van der Waals surface area contributed by atoms with Gasteiger partial charge in [0.15, 0.2) is 0 Å². The van der Waals surface area contributed by atoms with Crippen molar-refractivity contribution in [2.24, 2.45) is 0 Å². The van der Waals surface area contributed by atoms with Crippen molar-refractivity contribution in [2.75, 3.05) is 7.11 Å². The molecule has 100 valence electrons. The molecule has 0 radical (unpaired) electrons. The van der Waals surface area contributed by atoms with Crippen molar-refractivity contribution in [3.63, 3.8) is 0 Å². The van der Waals surface area contributed by atoms with Crippen molar-refractivity contribution >= 4 is 34.8 Å². The third kappa shape index (κ3) is 4.08. The predicted octanol–water partition coefficient (Wildman–Crippen LogP) is 3.35. The Bertz CT molecular complexity index is 572. The molecule has 0 aliphatic carbocycles. The highest BCUT2D eigenvalue weighted by Crippen LogP contribution is 2.45. The summed E-state index contributed by atoms with van der Waals surface area (Å²) in [6.07, 6.45) is 0. The molecular formula is C14H16NOPS2. The van der Waals surface area contributed by atoms with E-state index in [-0.39, 0.29) is 0 Å². The maximum absolute atomic E-state index is 5.61. The molecule has 2 nitrogen and oxygen atoms in total. The summed E-state index contributed by atoms with van der Waals surface area (Å²) in [5.41, 5.74) is 1.21. The number of hydrogen-bond donors (Lipinski definition) is 2. The van der Waals surface area contributed by atoms with E-state index in [2.05, 4.69) is 29.5 Å². The van der Waals surface area contributed by atoms with Gasteiger partial charge < -0.3 is 4.74 Å². The lowest BCUT2D eigenvalue weighted by Gasteiger charge is -2.18. The summed E-state index contributed by atoms with van der Waals surface area (Å²) < 4.78 is 5.14. The summed E-state index contributed by atoms with van der Waals surface area (Å²) in [6, 6.07) is 18.0. The van der Waals surface area contributed by atoms with Gasteiger partial charge in [0.2, 0.25) is 0 Å². The number of methoxy groups -OCH3 is 1. The summed E-state index contributed by atoms with van der Waals surface area (Å²) in [6.45, 7) is 0.730. The summed E-state index contributed by atoms with van der Waals surface area (Å²) in [4.78, 5) is 0. The molecule has 0 heterocycles. The van der Waals surface area contributed by atoms with E-state index in [0.29, 0.717) is 0 Å². The summed E-state index contributed by atoms with van der Waals surface area (Å²) in [5.74, 6) is 0.829. The van der Waals surface area contributed by atoms with Gasteiger partial charge in [-0.05, 0) is 29.8 Å². The molecule has 1 N–H and O–H groups in total. The van der Waals surface area contributed by atoms with Gasteiger partial charge in [-0.2, -0.15) is 0 Å². The van der Waals surface area contributed by atoms with Crippen LogP contribution < -0.4 is 15.1 Å². The highest BCUT2D eigenvalue weighted by molar-refractivity contribution is 8.65. The van der Waals surface area contributed by atoms with Crippen LogP contribution in [0, 0.1) is 0 Å². The van der Waals surface area contributed by atoms with E-state index >= 15 is 0 Å². The normalized spacial score (nSPS) is 13.8. The van der Waals surface area contributed by atoms with Gasteiger partial charge in [0, 0.05) is 11.8 Å². The molecule has 0 aromatic heterocycles. The second-order valence-corrected chi connectivity index (χ2v) is 10.3. The van der Waals surface area contributed by atoms with Crippen LogP contribution in [0.4, 0.5) is 0 Å². The molecule has 0 saturated carbocycles. The first-order chi connectivity index (χ1) is 9.12. The zero-order valence-electron chi connectivity index (χ0n) is 10.6. The SMILES string of the molecule is COc1ccc(P(=S)(S)NCc2ccccc2)cc1. The third-order valence-electron chi connectivity index (χ3n) is 2.76. The van der Waals surface area contributed by atoms with Crippen LogP contribution in [0.3, 0.4) is 0 Å². The van der Waals surface area contributed by atoms with Gasteiger partial charge in [0.05, 0.1) is 12.5 Å². The first-order valence-electron chi connectivity index (χ1n) is 5.88. The Kier molecular flexibility index (Phi) is 5.06. The summed E-state index contributed by atoms with van der Waals surface area (Å²) >= 11 is 10.3. The molecule has 1 unspecified atom stereocenters. The van der Waals surface area contributed by atoms with Crippen molar-refractivity contribution < 1.29 is 4.74 Å². The van der Waals surface area contributed by atoms with E-state index in [9.17, 15) is 0 Å². The minimum absolute atomic E-state index is 0.730. The fourth-order valence-corrected chi connectivity index (χ4v) is 3.97. The lowest BCUT2D eigenvalue weighted by atomic mass is 10.2. The molecule has 2 rings (SSSR count). The number of benzene rings is 2. The van der Waals surface area contributed by atoms with Crippen LogP contribution in [0.2, 0.25) is 0 Å². The fourth-order valence-electron chi connectivity index (χ4n) is 1.67. The number of ether oxygens (including phenoxy) is 1. The minimum atomic E-state index is -2.02. The average Bonchev–Trinajstić information content (AvgIpc) is 2.46. The van der Waals surface area contributed by atoms with Gasteiger partial charge >= 0.3 is 0 Å². The van der Waals surface area contributed by atoms with Crippen LogP contribution in [-0.4, -0.2) is 7.11 Å². The van der Waals surface area contributed by atoms with E-state index < -0.39 is 5.39 Å². The van der Waals surface area contributed by atoms with Gasteiger partial charge in [0.1, 0.15) is 5.75 Å². The van der Waals surface area contributed by atoms with Crippen LogP contribution in [0.25, 0.3) is 0 Å². The number of rotatable bonds is 5. The molecular weight excluding hydrogens is 293 g/mol. The van der Waals surface area contributed by atoms with Gasteiger partial charge in [0.25, 0.3) is 0 Å². The van der Waals surface area contributed by atoms with Crippen molar-refractivity contribution in [1.82, 2.24) is 5.09 Å². The van der Waals surface area contributed by atoms with Crippen LogP contribution in [0.5, 0.6) is 5.75 Å². The van der Waals surface area contributed by atoms with Crippen LogP contribution in [-0.2, 0) is 18.4 Å².